The molecule has 0 aliphatic carbocycles. The first-order chi connectivity index (χ1) is 23.8. The van der Waals surface area contributed by atoms with E-state index in [1.807, 2.05) is 0 Å². The maximum Gasteiger partial charge on any atom is 1.00 e. The smallest absolute Gasteiger partial charge is 0.735 e. The predicted molar refractivity (Wildman–Crippen MR) is 208 cm³/mol. The molecule has 2 rings (SSSR count). The number of aryl methyl sites for hydroxylation is 1. The summed E-state index contributed by atoms with van der Waals surface area (Å²) < 4.78 is 58.3. The van der Waals surface area contributed by atoms with Crippen LogP contribution in [0.2, 0.25) is 0 Å². The summed E-state index contributed by atoms with van der Waals surface area (Å²) in [5.41, 5.74) is 2.67. The molecule has 0 aliphatic rings. The van der Waals surface area contributed by atoms with Gasteiger partial charge >= 0.3 is 35.5 Å². The molecule has 0 aromatic heterocycles. The molecule has 2 aromatic rings. The number of ether oxygens (including phenoxy) is 1. The fourth-order valence-electron chi connectivity index (χ4n) is 5.84. The number of phenols is 1. The zero-order chi connectivity index (χ0) is 38.6. The molecule has 0 bridgehead atoms. The summed E-state index contributed by atoms with van der Waals surface area (Å²) in [6, 6.07) is 10.4. The number of hydrogen-bond acceptors (Lipinski definition) is 8. The molecule has 11 heteroatoms. The van der Waals surface area contributed by atoms with Crippen LogP contribution in [0.25, 0.3) is 0 Å². The van der Waals surface area contributed by atoms with Gasteiger partial charge < -0.3 is 14.4 Å². The van der Waals surface area contributed by atoms with Crippen molar-refractivity contribution in [3.8, 4) is 5.75 Å². The van der Waals surface area contributed by atoms with E-state index in [0.717, 1.165) is 41.7 Å². The number of carbonyl (C=O) groups is 1. The molecule has 0 amide bonds. The molecule has 0 unspecified atom stereocenters. The van der Waals surface area contributed by atoms with Crippen molar-refractivity contribution in [2.75, 3.05) is 6.61 Å². The zero-order valence-corrected chi connectivity index (χ0v) is 37.2. The van der Waals surface area contributed by atoms with Crippen LogP contribution in [0.5, 0.6) is 5.75 Å². The summed E-state index contributed by atoms with van der Waals surface area (Å²) in [4.78, 5) is 11.8. The third-order valence-electron chi connectivity index (χ3n) is 8.97. The number of esters is 1. The molecule has 1 N–H and O–H groups in total. The van der Waals surface area contributed by atoms with Gasteiger partial charge in [-0.2, -0.15) is 0 Å². The third-order valence-corrected chi connectivity index (χ3v) is 12.5. The topological polar surface area (TPSA) is 138 Å². The number of aromatic hydroxyl groups is 1. The van der Waals surface area contributed by atoms with Gasteiger partial charge in [0.15, 0.2) is 0 Å². The SMILES string of the molecule is CCCCCCCCCCCCCCCCCCOC(=O)CCc1cc(C(C)(C)C)c(O)c(C(C)(C)C)c1.O=S(=O)([O-])S(=O)(=O)c1ccccc1.[Na+]. The normalized spacial score (nSPS) is 12.1. The molecule has 0 fully saturated rings. The van der Waals surface area contributed by atoms with Crippen molar-refractivity contribution in [1.29, 1.82) is 0 Å². The first-order valence-electron chi connectivity index (χ1n) is 19.1. The van der Waals surface area contributed by atoms with Gasteiger partial charge in [-0.05, 0) is 52.5 Å². The maximum atomic E-state index is 12.3. The molecule has 2 aromatic carbocycles. The minimum Gasteiger partial charge on any atom is -0.735 e. The van der Waals surface area contributed by atoms with Crippen molar-refractivity contribution in [1.82, 2.24) is 0 Å². The number of benzene rings is 2. The van der Waals surface area contributed by atoms with Crippen LogP contribution in [-0.4, -0.2) is 39.1 Å². The Morgan fingerprint density at radius 2 is 1.06 bits per heavy atom. The monoisotopic (exact) mass is 774 g/mol. The van der Waals surface area contributed by atoms with E-state index in [9.17, 15) is 31.3 Å². The van der Waals surface area contributed by atoms with E-state index in [0.29, 0.717) is 25.2 Å². The minimum absolute atomic E-state index is 0. The molecule has 0 spiro atoms. The molecular formula is C41H67NaO8S2. The van der Waals surface area contributed by atoms with E-state index in [4.69, 9.17) is 4.74 Å². The van der Waals surface area contributed by atoms with Gasteiger partial charge in [0.25, 0.3) is 8.87 Å². The maximum absolute atomic E-state index is 12.3. The molecule has 292 valence electrons. The number of unbranched alkanes of at least 4 members (excludes halogenated alkanes) is 15. The van der Waals surface area contributed by atoms with Gasteiger partial charge in [0, 0.05) is 6.42 Å². The Hall–Kier alpha value is -1.43. The third kappa shape index (κ3) is 20.3. The van der Waals surface area contributed by atoms with E-state index in [2.05, 4.69) is 60.6 Å². The van der Waals surface area contributed by atoms with Crippen LogP contribution < -0.4 is 29.6 Å². The van der Waals surface area contributed by atoms with Crippen LogP contribution >= 0.6 is 0 Å². The van der Waals surface area contributed by atoms with E-state index in [1.165, 1.54) is 108 Å². The van der Waals surface area contributed by atoms with Crippen LogP contribution in [0.4, 0.5) is 0 Å². The molecule has 0 saturated heterocycles. The molecular weight excluding hydrogens is 708 g/mol. The molecule has 0 aliphatic heterocycles. The molecule has 52 heavy (non-hydrogen) atoms. The van der Waals surface area contributed by atoms with Crippen LogP contribution in [0, 0.1) is 0 Å². The van der Waals surface area contributed by atoms with Crippen molar-refractivity contribution in [2.45, 2.75) is 180 Å². The van der Waals surface area contributed by atoms with Gasteiger partial charge in [-0.25, -0.2) is 16.8 Å². The van der Waals surface area contributed by atoms with E-state index >= 15 is 0 Å². The Labute approximate surface area is 338 Å². The Morgan fingerprint density at radius 3 is 1.42 bits per heavy atom. The quantitative estimate of drug-likeness (QED) is 0.0424. The second-order valence-electron chi connectivity index (χ2n) is 15.7. The Morgan fingerprint density at radius 1 is 0.673 bits per heavy atom. The molecule has 0 heterocycles. The van der Waals surface area contributed by atoms with Gasteiger partial charge in [-0.3, -0.25) is 4.79 Å². The second kappa shape index (κ2) is 25.6. The predicted octanol–water partition coefficient (Wildman–Crippen LogP) is 7.65. The van der Waals surface area contributed by atoms with E-state index < -0.39 is 22.9 Å². The van der Waals surface area contributed by atoms with E-state index in [1.54, 1.807) is 0 Å². The van der Waals surface area contributed by atoms with Gasteiger partial charge in [0.05, 0.1) is 11.5 Å². The Bertz CT molecular complexity index is 1460. The first kappa shape index (κ1) is 50.6. The van der Waals surface area contributed by atoms with Gasteiger partial charge in [-0.1, -0.05) is 175 Å². The van der Waals surface area contributed by atoms with Crippen molar-refractivity contribution in [2.24, 2.45) is 0 Å². The van der Waals surface area contributed by atoms with Crippen molar-refractivity contribution in [3.05, 3.63) is 59.2 Å². The van der Waals surface area contributed by atoms with E-state index in [-0.39, 0.29) is 46.4 Å². The van der Waals surface area contributed by atoms with Crippen LogP contribution in [0.15, 0.2) is 47.4 Å². The fourth-order valence-corrected chi connectivity index (χ4v) is 7.61. The largest absolute Gasteiger partial charge is 1.00 e. The average molecular weight is 775 g/mol. The van der Waals surface area contributed by atoms with Crippen LogP contribution in [-0.2, 0) is 44.8 Å². The summed E-state index contributed by atoms with van der Waals surface area (Å²) in [5.74, 6) is 0.272. The van der Waals surface area contributed by atoms with Crippen molar-refractivity contribution in [3.63, 3.8) is 0 Å². The minimum atomic E-state index is -5.33. The summed E-state index contributed by atoms with van der Waals surface area (Å²) in [6.45, 7) is 15.5. The number of rotatable bonds is 22. The fraction of sp³-hybridized carbons (Fsp3) is 0.683. The molecule has 0 atom stereocenters. The first-order valence-corrected chi connectivity index (χ1v) is 22.5. The van der Waals surface area contributed by atoms with Gasteiger partial charge in [0.2, 0.25) is 9.15 Å². The van der Waals surface area contributed by atoms with Crippen molar-refractivity contribution >= 4 is 24.0 Å². The second-order valence-corrected chi connectivity index (χ2v) is 20.5. The van der Waals surface area contributed by atoms with Crippen LogP contribution in [0.1, 0.15) is 174 Å². The summed E-state index contributed by atoms with van der Waals surface area (Å²) in [5, 5.41) is 10.9. The standard InChI is InChI=1S/C35H62O3.C6H6O5S2.Na/c1-8-9-10-11-12-13-14-15-16-17-18-19-20-21-22-23-26-38-32(36)25-24-29-27-30(34(2,3)4)33(37)31(28-29)35(5,6)7;7-12(8,13(9,10)11)6-4-2-1-3-5-6;/h27-28,37H,8-26H2,1-7H3;1-5H,(H,9,10,11);/q;;+1/p-1. The number of phenolic OH excluding ortho intramolecular Hbond substituents is 1. The van der Waals surface area contributed by atoms with Gasteiger partial charge in [0.1, 0.15) is 5.75 Å². The summed E-state index contributed by atoms with van der Waals surface area (Å²) in [7, 11) is -10.1. The average Bonchev–Trinajstić information content (AvgIpc) is 3.04. The van der Waals surface area contributed by atoms with Gasteiger partial charge in [-0.15, -0.1) is 0 Å². The zero-order valence-electron chi connectivity index (χ0n) is 33.6. The molecule has 8 nitrogen and oxygen atoms in total. The van der Waals surface area contributed by atoms with Crippen LogP contribution in [0.3, 0.4) is 0 Å². The van der Waals surface area contributed by atoms with Crippen molar-refractivity contribution < 1.29 is 65.6 Å². The molecule has 0 saturated carbocycles. The number of carbonyl (C=O) groups excluding carboxylic acids is 1. The summed E-state index contributed by atoms with van der Waals surface area (Å²) >= 11 is 0. The molecule has 0 radical (unpaired) electrons. The number of hydrogen-bond donors (Lipinski definition) is 1. The summed E-state index contributed by atoms with van der Waals surface area (Å²) in [6.07, 6.45) is 22.5. The Kier molecular flexibility index (Phi) is 24.9. The Balaban J connectivity index is 0.00000155.